The third-order valence-corrected chi connectivity index (χ3v) is 3.98. The van der Waals surface area contributed by atoms with Crippen LogP contribution in [0, 0.1) is 0 Å². The topological polar surface area (TPSA) is 29.0 Å². The molecule has 2 aromatic rings. The number of fused-ring (bicyclic) bond motifs is 1. The van der Waals surface area contributed by atoms with E-state index < -0.39 is 0 Å². The number of aromatic nitrogens is 2. The van der Waals surface area contributed by atoms with Crippen LogP contribution in [0.15, 0.2) is 18.5 Å². The van der Waals surface area contributed by atoms with Crippen LogP contribution < -0.4 is 4.90 Å². The minimum absolute atomic E-state index is 0.432. The van der Waals surface area contributed by atoms with Crippen molar-refractivity contribution in [2.45, 2.75) is 32.6 Å². The van der Waals surface area contributed by atoms with Gasteiger partial charge in [0.15, 0.2) is 0 Å². The maximum atomic E-state index is 6.06. The number of nitrogens with zero attached hydrogens (tertiary/aromatic N) is 3. The van der Waals surface area contributed by atoms with E-state index in [0.717, 1.165) is 24.3 Å². The van der Waals surface area contributed by atoms with Crippen LogP contribution in [-0.4, -0.2) is 23.1 Å². The second kappa shape index (κ2) is 4.97. The van der Waals surface area contributed by atoms with Crippen molar-refractivity contribution in [3.05, 3.63) is 29.2 Å². The van der Waals surface area contributed by atoms with E-state index in [2.05, 4.69) is 28.7 Å². The lowest BCUT2D eigenvalue weighted by molar-refractivity contribution is 0.863. The van der Waals surface area contributed by atoms with Gasteiger partial charge in [-0.25, -0.2) is 9.97 Å². The van der Waals surface area contributed by atoms with Gasteiger partial charge in [-0.05, 0) is 35.8 Å². The smallest absolute Gasteiger partial charge is 0.137 e. The highest BCUT2D eigenvalue weighted by atomic mass is 35.5. The molecule has 0 N–H and O–H groups in total. The Hall–Kier alpha value is -1.35. The summed E-state index contributed by atoms with van der Waals surface area (Å²) < 4.78 is 0. The predicted octanol–water partition coefficient (Wildman–Crippen LogP) is 4.01. The van der Waals surface area contributed by atoms with Crippen LogP contribution in [0.3, 0.4) is 0 Å². The highest BCUT2D eigenvalue weighted by Gasteiger charge is 2.18. The molecule has 0 aromatic carbocycles. The van der Waals surface area contributed by atoms with E-state index in [9.17, 15) is 0 Å². The third-order valence-electron chi connectivity index (χ3n) is 3.78. The lowest BCUT2D eigenvalue weighted by Crippen LogP contribution is -2.19. The molecular formula is C15H18ClN3. The number of rotatable bonds is 2. The summed E-state index contributed by atoms with van der Waals surface area (Å²) in [6, 6.07) is 1.97. The molecule has 0 spiro atoms. The Morgan fingerprint density at radius 2 is 1.84 bits per heavy atom. The molecule has 3 rings (SSSR count). The van der Waals surface area contributed by atoms with Gasteiger partial charge >= 0.3 is 0 Å². The Morgan fingerprint density at radius 3 is 2.53 bits per heavy atom. The molecule has 1 fully saturated rings. The Kier molecular flexibility index (Phi) is 3.31. The molecule has 0 bridgehead atoms. The molecule has 3 nitrogen and oxygen atoms in total. The van der Waals surface area contributed by atoms with E-state index >= 15 is 0 Å². The van der Waals surface area contributed by atoms with Crippen molar-refractivity contribution in [2.75, 3.05) is 18.0 Å². The van der Waals surface area contributed by atoms with E-state index in [-0.39, 0.29) is 0 Å². The molecule has 0 amide bonds. The van der Waals surface area contributed by atoms with Gasteiger partial charge in [-0.2, -0.15) is 0 Å². The van der Waals surface area contributed by atoms with Gasteiger partial charge in [-0.3, -0.25) is 0 Å². The van der Waals surface area contributed by atoms with Crippen LogP contribution >= 0.6 is 11.6 Å². The molecule has 1 aliphatic rings. The zero-order valence-electron chi connectivity index (χ0n) is 11.4. The summed E-state index contributed by atoms with van der Waals surface area (Å²) in [7, 11) is 0. The third kappa shape index (κ3) is 2.27. The molecule has 0 unspecified atom stereocenters. The average Bonchev–Trinajstić information content (AvgIpc) is 2.90. The van der Waals surface area contributed by atoms with Crippen molar-refractivity contribution in [1.82, 2.24) is 9.97 Å². The molecule has 0 radical (unpaired) electrons. The van der Waals surface area contributed by atoms with Gasteiger partial charge in [0.1, 0.15) is 11.0 Å². The van der Waals surface area contributed by atoms with Crippen molar-refractivity contribution < 1.29 is 0 Å². The minimum atomic E-state index is 0.432. The molecular weight excluding hydrogens is 258 g/mol. The normalized spacial score (nSPS) is 15.7. The first-order chi connectivity index (χ1) is 9.16. The van der Waals surface area contributed by atoms with Gasteiger partial charge in [-0.15, -0.1) is 0 Å². The summed E-state index contributed by atoms with van der Waals surface area (Å²) in [5, 5.41) is 2.86. The van der Waals surface area contributed by atoms with E-state index in [4.69, 9.17) is 11.6 Å². The van der Waals surface area contributed by atoms with Crippen molar-refractivity contribution in [3.8, 4) is 0 Å². The molecule has 1 aliphatic heterocycles. The second-order valence-electron chi connectivity index (χ2n) is 5.44. The second-order valence-corrected chi connectivity index (χ2v) is 5.83. The average molecular weight is 276 g/mol. The molecule has 0 saturated carbocycles. The summed E-state index contributed by atoms with van der Waals surface area (Å²) in [6.45, 7) is 6.54. The van der Waals surface area contributed by atoms with Gasteiger partial charge < -0.3 is 4.90 Å². The fraction of sp³-hybridized carbons (Fsp3) is 0.467. The molecule has 0 atom stereocenters. The van der Waals surface area contributed by atoms with Gasteiger partial charge in [0, 0.05) is 30.9 Å². The molecule has 100 valence electrons. The Labute approximate surface area is 118 Å². The molecule has 0 aliphatic carbocycles. The van der Waals surface area contributed by atoms with Crippen LogP contribution in [-0.2, 0) is 0 Å². The zero-order chi connectivity index (χ0) is 13.4. The number of halogens is 1. The van der Waals surface area contributed by atoms with Crippen LogP contribution in [0.4, 0.5) is 5.82 Å². The highest BCUT2D eigenvalue weighted by molar-refractivity contribution is 6.30. The Bertz CT molecular complexity index is 604. The summed E-state index contributed by atoms with van der Waals surface area (Å²) >= 11 is 6.06. The summed E-state index contributed by atoms with van der Waals surface area (Å²) in [6.07, 6.45) is 6.35. The highest BCUT2D eigenvalue weighted by Crippen LogP contribution is 2.32. The van der Waals surface area contributed by atoms with Gasteiger partial charge in [0.05, 0.1) is 0 Å². The van der Waals surface area contributed by atoms with Crippen molar-refractivity contribution in [2.24, 2.45) is 0 Å². The van der Waals surface area contributed by atoms with Gasteiger partial charge in [0.2, 0.25) is 0 Å². The van der Waals surface area contributed by atoms with Crippen LogP contribution in [0.5, 0.6) is 0 Å². The number of anilines is 1. The fourth-order valence-corrected chi connectivity index (χ4v) is 2.92. The maximum absolute atomic E-state index is 6.06. The maximum Gasteiger partial charge on any atom is 0.137 e. The predicted molar refractivity (Wildman–Crippen MR) is 80.1 cm³/mol. The van der Waals surface area contributed by atoms with E-state index in [1.165, 1.54) is 23.8 Å². The first-order valence-corrected chi connectivity index (χ1v) is 7.23. The summed E-state index contributed by atoms with van der Waals surface area (Å²) in [5.41, 5.74) is 1.24. The summed E-state index contributed by atoms with van der Waals surface area (Å²) in [4.78, 5) is 11.3. The minimum Gasteiger partial charge on any atom is -0.356 e. The molecule has 1 saturated heterocycles. The lowest BCUT2D eigenvalue weighted by Gasteiger charge is -2.20. The monoisotopic (exact) mass is 275 g/mol. The summed E-state index contributed by atoms with van der Waals surface area (Å²) in [5.74, 6) is 1.49. The lowest BCUT2D eigenvalue weighted by atomic mass is 9.99. The first kappa shape index (κ1) is 12.7. The van der Waals surface area contributed by atoms with Crippen LogP contribution in [0.2, 0.25) is 5.15 Å². The van der Waals surface area contributed by atoms with E-state index in [1.807, 2.05) is 18.5 Å². The van der Waals surface area contributed by atoms with Crippen molar-refractivity contribution in [1.29, 1.82) is 0 Å². The van der Waals surface area contributed by atoms with Crippen molar-refractivity contribution >= 4 is 28.2 Å². The van der Waals surface area contributed by atoms with Gasteiger partial charge in [0.25, 0.3) is 0 Å². The molecule has 4 heteroatoms. The van der Waals surface area contributed by atoms with Crippen LogP contribution in [0.25, 0.3) is 10.8 Å². The molecule has 2 aromatic heterocycles. The molecule has 19 heavy (non-hydrogen) atoms. The fourth-order valence-electron chi connectivity index (χ4n) is 2.76. The standard InChI is InChI=1S/C15H18ClN3/c1-10(2)12-8-18-15(19-5-3-4-6-19)13-9-17-14(16)7-11(12)13/h7-10H,3-6H2,1-2H3. The number of hydrogen-bond acceptors (Lipinski definition) is 3. The number of hydrogen-bond donors (Lipinski definition) is 0. The van der Waals surface area contributed by atoms with Crippen molar-refractivity contribution in [3.63, 3.8) is 0 Å². The first-order valence-electron chi connectivity index (χ1n) is 6.86. The van der Waals surface area contributed by atoms with Gasteiger partial charge in [-0.1, -0.05) is 25.4 Å². The van der Waals surface area contributed by atoms with E-state index in [1.54, 1.807) is 0 Å². The molecule has 3 heterocycles. The zero-order valence-corrected chi connectivity index (χ0v) is 12.1. The quantitative estimate of drug-likeness (QED) is 0.776. The van der Waals surface area contributed by atoms with E-state index in [0.29, 0.717) is 11.1 Å². The van der Waals surface area contributed by atoms with Crippen LogP contribution in [0.1, 0.15) is 38.2 Å². The SMILES string of the molecule is CC(C)c1cnc(N2CCCC2)c2cnc(Cl)cc12. The Balaban J connectivity index is 2.22. The number of pyridine rings is 2. The Morgan fingerprint density at radius 1 is 1.11 bits per heavy atom. The largest absolute Gasteiger partial charge is 0.356 e.